The molecular formula is C16H20ClNOS. The van der Waals surface area contributed by atoms with Gasteiger partial charge in [0, 0.05) is 23.9 Å². The molecule has 1 atom stereocenters. The molecule has 0 radical (unpaired) electrons. The number of hydrogen-bond acceptors (Lipinski definition) is 2. The molecule has 20 heavy (non-hydrogen) atoms. The molecule has 0 N–H and O–H groups in total. The van der Waals surface area contributed by atoms with E-state index in [1.807, 2.05) is 31.2 Å². The number of halogens is 1. The van der Waals surface area contributed by atoms with Gasteiger partial charge in [0.1, 0.15) is 0 Å². The second-order valence-corrected chi connectivity index (χ2v) is 6.14. The van der Waals surface area contributed by atoms with Crippen molar-refractivity contribution >= 4 is 29.3 Å². The molecule has 4 heteroatoms. The van der Waals surface area contributed by atoms with E-state index >= 15 is 0 Å². The third-order valence-corrected chi connectivity index (χ3v) is 4.29. The first kappa shape index (κ1) is 16.9. The summed E-state index contributed by atoms with van der Waals surface area (Å²) >= 11 is 7.73. The lowest BCUT2D eigenvalue weighted by atomic mass is 10.2. The topological polar surface area (TPSA) is 20.3 Å². The van der Waals surface area contributed by atoms with E-state index in [-0.39, 0.29) is 11.2 Å². The summed E-state index contributed by atoms with van der Waals surface area (Å²) in [5.41, 5.74) is 0.949. The van der Waals surface area contributed by atoms with Crippen molar-refractivity contribution in [1.82, 2.24) is 4.90 Å². The molecule has 0 aromatic heterocycles. The Bertz CT molecular complexity index is 475. The molecular weight excluding hydrogens is 290 g/mol. The zero-order chi connectivity index (χ0) is 15.0. The summed E-state index contributed by atoms with van der Waals surface area (Å²) in [5.74, 6) is 0.859. The second-order valence-electron chi connectivity index (χ2n) is 4.36. The predicted octanol–water partition coefficient (Wildman–Crippen LogP) is 4.16. The summed E-state index contributed by atoms with van der Waals surface area (Å²) in [6.45, 7) is 10.3. The van der Waals surface area contributed by atoms with Crippen LogP contribution in [0.25, 0.3) is 0 Å². The van der Waals surface area contributed by atoms with E-state index in [4.69, 9.17) is 11.6 Å². The van der Waals surface area contributed by atoms with Gasteiger partial charge >= 0.3 is 0 Å². The van der Waals surface area contributed by atoms with Gasteiger partial charge in [0.15, 0.2) is 0 Å². The highest BCUT2D eigenvalue weighted by Gasteiger charge is 2.20. The molecule has 1 amide bonds. The highest BCUT2D eigenvalue weighted by atomic mass is 35.5. The monoisotopic (exact) mass is 309 g/mol. The van der Waals surface area contributed by atoms with Crippen LogP contribution in [-0.4, -0.2) is 28.4 Å². The van der Waals surface area contributed by atoms with Crippen molar-refractivity contribution < 1.29 is 4.79 Å². The SMILES string of the molecule is C=CCS[C@@H](C)C(=O)N(CC=C)Cc1ccccc1Cl. The lowest BCUT2D eigenvalue weighted by Crippen LogP contribution is -2.36. The minimum Gasteiger partial charge on any atom is -0.334 e. The van der Waals surface area contributed by atoms with Gasteiger partial charge in [-0.3, -0.25) is 4.79 Å². The van der Waals surface area contributed by atoms with Gasteiger partial charge in [0.05, 0.1) is 5.25 Å². The van der Waals surface area contributed by atoms with Gasteiger partial charge in [-0.25, -0.2) is 0 Å². The molecule has 0 aliphatic heterocycles. The van der Waals surface area contributed by atoms with E-state index in [1.54, 1.807) is 28.8 Å². The first-order valence-electron chi connectivity index (χ1n) is 6.45. The Hall–Kier alpha value is -1.19. The molecule has 2 nitrogen and oxygen atoms in total. The Morgan fingerprint density at radius 1 is 1.40 bits per heavy atom. The Morgan fingerprint density at radius 3 is 2.70 bits per heavy atom. The third kappa shape index (κ3) is 5.06. The number of nitrogens with zero attached hydrogens (tertiary/aromatic N) is 1. The second kappa shape index (κ2) is 8.88. The minimum atomic E-state index is -0.101. The van der Waals surface area contributed by atoms with Gasteiger partial charge in [-0.2, -0.15) is 0 Å². The average Bonchev–Trinajstić information content (AvgIpc) is 2.45. The van der Waals surface area contributed by atoms with Crippen molar-refractivity contribution in [1.29, 1.82) is 0 Å². The van der Waals surface area contributed by atoms with Crippen molar-refractivity contribution in [2.24, 2.45) is 0 Å². The Morgan fingerprint density at radius 2 is 2.10 bits per heavy atom. The summed E-state index contributed by atoms with van der Waals surface area (Å²) in [7, 11) is 0. The summed E-state index contributed by atoms with van der Waals surface area (Å²) in [6, 6.07) is 7.58. The highest BCUT2D eigenvalue weighted by molar-refractivity contribution is 8.00. The van der Waals surface area contributed by atoms with Crippen molar-refractivity contribution in [3.8, 4) is 0 Å². The minimum absolute atomic E-state index is 0.0941. The van der Waals surface area contributed by atoms with Gasteiger partial charge < -0.3 is 4.90 Å². The Labute approximate surface area is 130 Å². The van der Waals surface area contributed by atoms with Gasteiger partial charge in [-0.15, -0.1) is 24.9 Å². The van der Waals surface area contributed by atoms with Gasteiger partial charge in [-0.05, 0) is 18.6 Å². The van der Waals surface area contributed by atoms with E-state index < -0.39 is 0 Å². The fraction of sp³-hybridized carbons (Fsp3) is 0.312. The average molecular weight is 310 g/mol. The first-order valence-corrected chi connectivity index (χ1v) is 7.88. The Kier molecular flexibility index (Phi) is 7.48. The van der Waals surface area contributed by atoms with Crippen molar-refractivity contribution in [2.75, 3.05) is 12.3 Å². The maximum atomic E-state index is 12.4. The summed E-state index contributed by atoms with van der Waals surface area (Å²) in [6.07, 6.45) is 3.54. The number of carbonyl (C=O) groups excluding carboxylic acids is 1. The molecule has 0 aliphatic rings. The number of rotatable bonds is 8. The van der Waals surface area contributed by atoms with Crippen LogP contribution in [0.1, 0.15) is 12.5 Å². The summed E-state index contributed by atoms with van der Waals surface area (Å²) < 4.78 is 0. The first-order chi connectivity index (χ1) is 9.60. The molecule has 0 bridgehead atoms. The lowest BCUT2D eigenvalue weighted by Gasteiger charge is -2.24. The molecule has 0 saturated heterocycles. The molecule has 0 saturated carbocycles. The fourth-order valence-electron chi connectivity index (χ4n) is 1.76. The number of carbonyl (C=O) groups is 1. The largest absolute Gasteiger partial charge is 0.334 e. The molecule has 0 heterocycles. The van der Waals surface area contributed by atoms with E-state index in [2.05, 4.69) is 13.2 Å². The lowest BCUT2D eigenvalue weighted by molar-refractivity contribution is -0.130. The zero-order valence-corrected chi connectivity index (χ0v) is 13.3. The van der Waals surface area contributed by atoms with Crippen LogP contribution < -0.4 is 0 Å². The quantitative estimate of drug-likeness (QED) is 0.672. The maximum Gasteiger partial charge on any atom is 0.235 e. The van der Waals surface area contributed by atoms with Crippen molar-refractivity contribution in [3.05, 3.63) is 60.2 Å². The smallest absolute Gasteiger partial charge is 0.235 e. The van der Waals surface area contributed by atoms with Crippen LogP contribution in [0.15, 0.2) is 49.6 Å². The number of amides is 1. The summed E-state index contributed by atoms with van der Waals surface area (Å²) in [5, 5.41) is 0.580. The maximum absolute atomic E-state index is 12.4. The van der Waals surface area contributed by atoms with Crippen LogP contribution in [-0.2, 0) is 11.3 Å². The van der Waals surface area contributed by atoms with Gasteiger partial charge in [-0.1, -0.05) is 42.0 Å². The van der Waals surface area contributed by atoms with Gasteiger partial charge in [0.25, 0.3) is 0 Å². The number of thioether (sulfide) groups is 1. The van der Waals surface area contributed by atoms with Crippen LogP contribution in [0.2, 0.25) is 5.02 Å². The zero-order valence-electron chi connectivity index (χ0n) is 11.7. The van der Waals surface area contributed by atoms with Crippen LogP contribution in [0, 0.1) is 0 Å². The Balaban J connectivity index is 2.78. The number of benzene rings is 1. The molecule has 108 valence electrons. The van der Waals surface area contributed by atoms with Crippen LogP contribution in [0.5, 0.6) is 0 Å². The molecule has 0 spiro atoms. The molecule has 1 aromatic rings. The van der Waals surface area contributed by atoms with E-state index in [9.17, 15) is 4.79 Å². The summed E-state index contributed by atoms with van der Waals surface area (Å²) in [4.78, 5) is 14.2. The van der Waals surface area contributed by atoms with E-state index in [0.717, 1.165) is 11.3 Å². The van der Waals surface area contributed by atoms with E-state index in [0.29, 0.717) is 18.1 Å². The normalized spacial score (nSPS) is 11.7. The van der Waals surface area contributed by atoms with Crippen LogP contribution >= 0.6 is 23.4 Å². The molecule has 1 rings (SSSR count). The van der Waals surface area contributed by atoms with Gasteiger partial charge in [0.2, 0.25) is 5.91 Å². The predicted molar refractivity (Wildman–Crippen MR) is 89.2 cm³/mol. The van der Waals surface area contributed by atoms with Crippen LogP contribution in [0.4, 0.5) is 0 Å². The highest BCUT2D eigenvalue weighted by Crippen LogP contribution is 2.20. The van der Waals surface area contributed by atoms with E-state index in [1.165, 1.54) is 0 Å². The molecule has 0 unspecified atom stereocenters. The van der Waals surface area contributed by atoms with Crippen molar-refractivity contribution in [3.63, 3.8) is 0 Å². The fourth-order valence-corrected chi connectivity index (χ4v) is 2.67. The molecule has 0 fully saturated rings. The van der Waals surface area contributed by atoms with Crippen molar-refractivity contribution in [2.45, 2.75) is 18.7 Å². The standard InChI is InChI=1S/C16H20ClNOS/c1-4-10-18(16(19)13(3)20-11-5-2)12-14-8-6-7-9-15(14)17/h4-9,13H,1-2,10-12H2,3H3/t13-/m0/s1. The third-order valence-electron chi connectivity index (χ3n) is 2.79. The van der Waals surface area contributed by atoms with Crippen LogP contribution in [0.3, 0.4) is 0 Å². The molecule has 1 aromatic carbocycles. The molecule has 0 aliphatic carbocycles. The number of hydrogen-bond donors (Lipinski definition) is 0.